The van der Waals surface area contributed by atoms with Crippen molar-refractivity contribution in [1.82, 2.24) is 39.0 Å². The van der Waals surface area contributed by atoms with Gasteiger partial charge in [-0.05, 0) is 0 Å². The predicted octanol–water partition coefficient (Wildman–Crippen LogP) is 0.271. The largest absolute Gasteiger partial charge is 0.386 e. The Morgan fingerprint density at radius 2 is 1.87 bits per heavy atom. The van der Waals surface area contributed by atoms with E-state index in [0.717, 1.165) is 0 Å². The summed E-state index contributed by atoms with van der Waals surface area (Å²) in [5.41, 5.74) is 9.98. The molecule has 240 valence electrons. The first-order valence-electron chi connectivity index (χ1n) is 13.3. The minimum absolute atomic E-state index is 0.0474. The van der Waals surface area contributed by atoms with E-state index in [0.29, 0.717) is 11.2 Å². The van der Waals surface area contributed by atoms with Crippen LogP contribution in [0, 0.1) is 0 Å². The fourth-order valence-electron chi connectivity index (χ4n) is 5.91. The van der Waals surface area contributed by atoms with Gasteiger partial charge in [0.05, 0.1) is 32.5 Å². The summed E-state index contributed by atoms with van der Waals surface area (Å²) >= 11 is 4.13. The van der Waals surface area contributed by atoms with Gasteiger partial charge in [0.25, 0.3) is 5.56 Å². The number of ether oxygens (including phenoxy) is 3. The van der Waals surface area contributed by atoms with Crippen LogP contribution in [0.5, 0.6) is 0 Å². The number of H-pyrrole nitrogens is 1. The highest BCUT2D eigenvalue weighted by atomic mass is 32.7. The molecule has 20 nitrogen and oxygen atoms in total. The van der Waals surface area contributed by atoms with Crippen molar-refractivity contribution in [2.75, 3.05) is 31.3 Å². The number of hydrogen-bond acceptors (Lipinski definition) is 17. The summed E-state index contributed by atoms with van der Waals surface area (Å²) in [5, 5.41) is 0. The van der Waals surface area contributed by atoms with Crippen LogP contribution >= 0.6 is 27.3 Å². The van der Waals surface area contributed by atoms with Gasteiger partial charge in [-0.3, -0.25) is 37.0 Å². The van der Waals surface area contributed by atoms with Crippen molar-refractivity contribution in [2.24, 2.45) is 0 Å². The molecule has 0 spiro atoms. The molecule has 45 heavy (non-hydrogen) atoms. The zero-order valence-corrected chi connectivity index (χ0v) is 25.3. The highest BCUT2D eigenvalue weighted by Crippen LogP contribution is 2.60. The molecule has 4 aromatic rings. The van der Waals surface area contributed by atoms with E-state index in [1.807, 2.05) is 0 Å². The number of nitrogens with one attached hydrogen (secondary N) is 1. The molecule has 10 atom stereocenters. The molecule has 24 heteroatoms. The second-order valence-electron chi connectivity index (χ2n) is 10.6. The molecule has 4 bridgehead atoms. The van der Waals surface area contributed by atoms with Crippen molar-refractivity contribution in [3.05, 3.63) is 29.3 Å². The Hall–Kier alpha value is -3.04. The second-order valence-corrected chi connectivity index (χ2v) is 14.5. The lowest BCUT2D eigenvalue weighted by molar-refractivity contribution is -0.182. The molecule has 0 amide bonds. The van der Waals surface area contributed by atoms with Gasteiger partial charge in [-0.2, -0.15) is 4.98 Å². The lowest BCUT2D eigenvalue weighted by Gasteiger charge is -2.31. The fourth-order valence-corrected chi connectivity index (χ4v) is 8.31. The number of rotatable bonds is 2. The highest BCUT2D eigenvalue weighted by molar-refractivity contribution is 8.44. The third-order valence-corrected chi connectivity index (χ3v) is 10.4. The van der Waals surface area contributed by atoms with E-state index in [-0.39, 0.29) is 29.5 Å². The van der Waals surface area contributed by atoms with E-state index < -0.39 is 82.5 Å². The zero-order chi connectivity index (χ0) is 31.2. The summed E-state index contributed by atoms with van der Waals surface area (Å²) in [5.74, 6) is -0.0859. The van der Waals surface area contributed by atoms with Crippen molar-refractivity contribution in [1.29, 1.82) is 0 Å². The average Bonchev–Trinajstić information content (AvgIpc) is 3.80. The van der Waals surface area contributed by atoms with Gasteiger partial charge >= 0.3 is 15.1 Å². The van der Waals surface area contributed by atoms with Gasteiger partial charge in [0.15, 0.2) is 41.3 Å². The first-order chi connectivity index (χ1) is 21.5. The number of aromatic amines is 1. The van der Waals surface area contributed by atoms with Gasteiger partial charge in [0, 0.05) is 0 Å². The van der Waals surface area contributed by atoms with Gasteiger partial charge < -0.3 is 30.2 Å². The Kier molecular flexibility index (Phi) is 6.85. The summed E-state index contributed by atoms with van der Waals surface area (Å²) < 4.78 is 86.0. The molecular weight excluding hydrogens is 665 g/mol. The van der Waals surface area contributed by atoms with Crippen LogP contribution in [0.4, 0.5) is 16.2 Å². The van der Waals surface area contributed by atoms with Crippen molar-refractivity contribution in [2.45, 2.75) is 48.6 Å². The lowest BCUT2D eigenvalue weighted by atomic mass is 10.0. The second kappa shape index (κ2) is 10.5. The van der Waals surface area contributed by atoms with Crippen LogP contribution in [0.15, 0.2) is 23.8 Å². The van der Waals surface area contributed by atoms with Crippen molar-refractivity contribution >= 4 is 61.4 Å². The molecule has 0 saturated carbocycles. The van der Waals surface area contributed by atoms with Crippen LogP contribution in [0.1, 0.15) is 12.5 Å². The van der Waals surface area contributed by atoms with E-state index in [4.69, 9.17) is 43.8 Å². The number of nitrogens with two attached hydrogens (primary N) is 2. The molecule has 4 aliphatic rings. The highest BCUT2D eigenvalue weighted by Gasteiger charge is 2.65. The minimum atomic E-state index is -4.27. The molecule has 0 aliphatic carbocycles. The number of nitrogens with zero attached hydrogens (tertiary/aromatic N) is 7. The lowest BCUT2D eigenvalue weighted by Crippen LogP contribution is -2.45. The van der Waals surface area contributed by atoms with Crippen LogP contribution in [-0.4, -0.2) is 95.0 Å². The van der Waals surface area contributed by atoms with Crippen LogP contribution in [-0.2, 0) is 41.4 Å². The number of anilines is 2. The molecule has 5 N–H and O–H groups in total. The number of fused-ring (bicyclic) bond motifs is 4. The van der Waals surface area contributed by atoms with E-state index in [9.17, 15) is 13.9 Å². The molecule has 0 radical (unpaired) electrons. The minimum Gasteiger partial charge on any atom is -0.382 e. The van der Waals surface area contributed by atoms with Crippen LogP contribution < -0.4 is 17.0 Å². The standard InChI is InChI=1S/C21H23FN10O10P2S/c22-8-7-1-38-44(35,45)42-13-12-19(31-5-27-9-14(23)25-4-26-15(9)31)40-21(13,2-36-12)3-37-43(34)41-11(8)18(39-7)32-6-28-10-16(32)29-20(24)30-17(10)33/h4-8,11-13,18-19,43H,1-3H2,(H,35,45)(H2,23,25,26)(H3,24,29,30,33)/t7-,8-,11-,12-,13+,18-,19-,21-,44-/m1/s1. The Balaban J connectivity index is 1.12. The molecule has 4 saturated heterocycles. The molecule has 4 fully saturated rings. The Morgan fingerprint density at radius 1 is 1.09 bits per heavy atom. The molecule has 4 aromatic heterocycles. The van der Waals surface area contributed by atoms with Crippen LogP contribution in [0.2, 0.25) is 0 Å². The van der Waals surface area contributed by atoms with E-state index >= 15 is 4.39 Å². The third-order valence-electron chi connectivity index (χ3n) is 7.94. The quantitative estimate of drug-likeness (QED) is 0.163. The summed E-state index contributed by atoms with van der Waals surface area (Å²) in [7, 11) is -3.49. The number of hydrogen-bond donors (Lipinski definition) is 4. The van der Waals surface area contributed by atoms with Gasteiger partial charge in [0.1, 0.15) is 41.9 Å². The summed E-state index contributed by atoms with van der Waals surface area (Å²) in [6.45, 7) is -5.48. The predicted molar refractivity (Wildman–Crippen MR) is 151 cm³/mol. The smallest absolute Gasteiger partial charge is 0.382 e. The number of thiol groups is 1. The van der Waals surface area contributed by atoms with E-state index in [2.05, 4.69) is 42.2 Å². The van der Waals surface area contributed by atoms with E-state index in [1.54, 1.807) is 0 Å². The van der Waals surface area contributed by atoms with Crippen LogP contribution in [0.25, 0.3) is 22.3 Å². The molecule has 4 aliphatic heterocycles. The third kappa shape index (κ3) is 4.70. The van der Waals surface area contributed by atoms with E-state index in [1.165, 1.54) is 28.1 Å². The number of halogens is 1. The summed E-state index contributed by atoms with van der Waals surface area (Å²) in [6.07, 6.45) is -5.49. The molecular formula is C21H23FN10O10P2S. The monoisotopic (exact) mass is 688 g/mol. The van der Waals surface area contributed by atoms with Gasteiger partial charge in [-0.15, -0.1) is 0 Å². The molecule has 0 aromatic carbocycles. The maximum Gasteiger partial charge on any atom is 0.386 e. The summed E-state index contributed by atoms with van der Waals surface area (Å²) in [4.78, 5) is 35.1. The molecule has 1 unspecified atom stereocenters. The van der Waals surface area contributed by atoms with Gasteiger partial charge in [0.2, 0.25) is 5.95 Å². The van der Waals surface area contributed by atoms with Crippen LogP contribution in [0.3, 0.4) is 0 Å². The van der Waals surface area contributed by atoms with Crippen molar-refractivity contribution < 1.29 is 45.8 Å². The van der Waals surface area contributed by atoms with Crippen molar-refractivity contribution in [3.63, 3.8) is 0 Å². The maximum absolute atomic E-state index is 15.8. The topological polar surface area (TPSA) is 258 Å². The Labute approximate surface area is 255 Å². The normalized spacial score (nSPS) is 38.6. The van der Waals surface area contributed by atoms with Gasteiger partial charge in [-0.1, -0.05) is 12.2 Å². The number of alkyl halides is 1. The van der Waals surface area contributed by atoms with Crippen molar-refractivity contribution in [3.8, 4) is 0 Å². The molecule has 8 rings (SSSR count). The first-order valence-corrected chi connectivity index (χ1v) is 17.2. The fraction of sp³-hybridized carbons (Fsp3) is 0.524. The molecule has 8 heterocycles. The first kappa shape index (κ1) is 29.4. The number of nitrogen functional groups attached to an aromatic ring is 2. The number of aromatic nitrogens is 8. The zero-order valence-electron chi connectivity index (χ0n) is 22.5. The summed E-state index contributed by atoms with van der Waals surface area (Å²) in [6, 6.07) is 0. The maximum atomic E-state index is 15.8. The number of imidazole rings is 2. The average molecular weight is 688 g/mol. The Morgan fingerprint density at radius 3 is 2.69 bits per heavy atom. The SMILES string of the molecule is Nc1nc2c(ncn2[C@@H]2O[C@@H]3CO[P@@](=O)(S)O[C@H]4[C@H]5OC[C@]4(CO[PH](=O)O[C@@H]2[C@@H]3F)O[C@H]5n2cnc3c(N)ncnc32)c(=O)[nH]1. The van der Waals surface area contributed by atoms with Gasteiger partial charge in [-0.25, -0.2) is 28.9 Å². The Bertz CT molecular complexity index is 1960.